The van der Waals surface area contributed by atoms with E-state index >= 15 is 0 Å². The molecule has 0 saturated carbocycles. The minimum atomic E-state index is -0.472. The number of nitriles is 1. The first-order valence-electron chi connectivity index (χ1n) is 9.61. The smallest absolute Gasteiger partial charge is 0.167 e. The molecular formula is C19H18N10O. The number of ether oxygens (including phenoxy) is 1. The summed E-state index contributed by atoms with van der Waals surface area (Å²) in [6.07, 6.45) is 4.51. The summed E-state index contributed by atoms with van der Waals surface area (Å²) in [6.45, 7) is 3.29. The fourth-order valence-electron chi connectivity index (χ4n) is 3.96. The van der Waals surface area contributed by atoms with Crippen molar-refractivity contribution < 1.29 is 4.74 Å². The second-order valence-electron chi connectivity index (χ2n) is 7.38. The first-order valence-corrected chi connectivity index (χ1v) is 9.61. The van der Waals surface area contributed by atoms with Gasteiger partial charge in [-0.05, 0) is 31.0 Å². The van der Waals surface area contributed by atoms with E-state index in [2.05, 4.69) is 36.4 Å². The monoisotopic (exact) mass is 402 g/mol. The normalized spacial score (nSPS) is 20.7. The maximum atomic E-state index is 9.12. The van der Waals surface area contributed by atoms with Gasteiger partial charge in [0.1, 0.15) is 11.9 Å². The van der Waals surface area contributed by atoms with Gasteiger partial charge in [-0.1, -0.05) is 5.11 Å². The SMILES string of the molecule is CC(C#N)Nc1cc(-n2ncc3ccc(N4C[C@H]5C[C@@H]4CO5)nc32)ncc1N=[N+]=[N-]. The molecule has 2 aliphatic rings. The van der Waals surface area contributed by atoms with Gasteiger partial charge in [-0.25, -0.2) is 9.97 Å². The van der Waals surface area contributed by atoms with Crippen molar-refractivity contribution in [2.45, 2.75) is 31.5 Å². The molecule has 0 radical (unpaired) electrons. The Morgan fingerprint density at radius 2 is 2.30 bits per heavy atom. The molecule has 11 nitrogen and oxygen atoms in total. The van der Waals surface area contributed by atoms with Gasteiger partial charge in [0, 0.05) is 29.1 Å². The lowest BCUT2D eigenvalue weighted by atomic mass is 10.2. The highest BCUT2D eigenvalue weighted by molar-refractivity contribution is 5.79. The Morgan fingerprint density at radius 1 is 1.40 bits per heavy atom. The molecule has 5 heterocycles. The van der Waals surface area contributed by atoms with Crippen molar-refractivity contribution >= 4 is 28.2 Å². The van der Waals surface area contributed by atoms with Crippen molar-refractivity contribution in [2.75, 3.05) is 23.4 Å². The average molecular weight is 402 g/mol. The maximum absolute atomic E-state index is 9.12. The minimum Gasteiger partial charge on any atom is -0.374 e. The van der Waals surface area contributed by atoms with Crippen LogP contribution in [0, 0.1) is 11.3 Å². The molecule has 0 aliphatic carbocycles. The molecule has 0 spiro atoms. The molecule has 150 valence electrons. The largest absolute Gasteiger partial charge is 0.374 e. The number of nitrogens with zero attached hydrogens (tertiary/aromatic N) is 9. The molecule has 5 rings (SSSR count). The molecular weight excluding hydrogens is 384 g/mol. The number of anilines is 2. The van der Waals surface area contributed by atoms with Crippen LogP contribution >= 0.6 is 0 Å². The molecule has 0 aromatic carbocycles. The Labute approximate surface area is 171 Å². The summed E-state index contributed by atoms with van der Waals surface area (Å²) in [6, 6.07) is 7.70. The van der Waals surface area contributed by atoms with Crippen LogP contribution in [0.2, 0.25) is 0 Å². The Morgan fingerprint density at radius 3 is 3.03 bits per heavy atom. The quantitative estimate of drug-likeness (QED) is 0.393. The van der Waals surface area contributed by atoms with E-state index in [-0.39, 0.29) is 6.10 Å². The van der Waals surface area contributed by atoms with Crippen LogP contribution in [0.3, 0.4) is 0 Å². The second-order valence-corrected chi connectivity index (χ2v) is 7.38. The summed E-state index contributed by atoms with van der Waals surface area (Å²) < 4.78 is 7.34. The number of fused-ring (bicyclic) bond motifs is 3. The van der Waals surface area contributed by atoms with Gasteiger partial charge in [0.05, 0.1) is 42.4 Å². The summed E-state index contributed by atoms with van der Waals surface area (Å²) in [5, 5.41) is 21.1. The van der Waals surface area contributed by atoms with Crippen LogP contribution in [-0.4, -0.2) is 51.1 Å². The predicted molar refractivity (Wildman–Crippen MR) is 110 cm³/mol. The third-order valence-corrected chi connectivity index (χ3v) is 5.40. The van der Waals surface area contributed by atoms with Crippen molar-refractivity contribution in [2.24, 2.45) is 5.11 Å². The molecule has 1 N–H and O–H groups in total. The molecule has 3 atom stereocenters. The van der Waals surface area contributed by atoms with E-state index in [1.165, 1.54) is 6.20 Å². The Balaban J connectivity index is 1.55. The van der Waals surface area contributed by atoms with E-state index in [1.807, 2.05) is 12.1 Å². The zero-order chi connectivity index (χ0) is 20.7. The molecule has 30 heavy (non-hydrogen) atoms. The predicted octanol–water partition coefficient (Wildman–Crippen LogP) is 3.06. The number of pyridine rings is 2. The lowest BCUT2D eigenvalue weighted by Crippen LogP contribution is -2.37. The van der Waals surface area contributed by atoms with Crippen LogP contribution in [0.4, 0.5) is 17.2 Å². The molecule has 2 saturated heterocycles. The molecule has 2 bridgehead atoms. The van der Waals surface area contributed by atoms with Crippen molar-refractivity contribution in [1.82, 2.24) is 19.7 Å². The van der Waals surface area contributed by atoms with Gasteiger partial charge in [-0.2, -0.15) is 15.0 Å². The summed E-state index contributed by atoms with van der Waals surface area (Å²) >= 11 is 0. The summed E-state index contributed by atoms with van der Waals surface area (Å²) in [5.41, 5.74) is 10.3. The summed E-state index contributed by atoms with van der Waals surface area (Å²) in [7, 11) is 0. The van der Waals surface area contributed by atoms with Crippen molar-refractivity contribution in [1.29, 1.82) is 5.26 Å². The molecule has 11 heteroatoms. The standard InChI is InChI=1S/C19H18N10O/c1-11(6-20)24-15-5-18(22-8-16(15)26-27-21)29-19-12(7-23-29)2-3-17(25-19)28-9-14-4-13(28)10-30-14/h2-3,5,7-8,11,13-14H,4,9-10H2,1H3,(H,22,24)/t11?,13-,14-/m1/s1. The van der Waals surface area contributed by atoms with Gasteiger partial charge in [-0.15, -0.1) is 0 Å². The fourth-order valence-corrected chi connectivity index (χ4v) is 3.96. The second kappa shape index (κ2) is 7.18. The van der Waals surface area contributed by atoms with Gasteiger partial charge < -0.3 is 15.0 Å². The third kappa shape index (κ3) is 3.04. The number of aromatic nitrogens is 4. The number of morpholine rings is 1. The first-order chi connectivity index (χ1) is 14.7. The van der Waals surface area contributed by atoms with E-state index in [1.54, 1.807) is 23.9 Å². The van der Waals surface area contributed by atoms with Crippen LogP contribution in [0.25, 0.3) is 27.3 Å². The molecule has 0 amide bonds. The van der Waals surface area contributed by atoms with Gasteiger partial charge in [-0.3, -0.25) is 0 Å². The van der Waals surface area contributed by atoms with Gasteiger partial charge in [0.25, 0.3) is 0 Å². The fraction of sp³-hybridized carbons (Fsp3) is 0.368. The topological polar surface area (TPSA) is 141 Å². The molecule has 3 aromatic heterocycles. The zero-order valence-electron chi connectivity index (χ0n) is 16.2. The van der Waals surface area contributed by atoms with E-state index in [0.29, 0.717) is 28.9 Å². The Bertz CT molecular complexity index is 1210. The van der Waals surface area contributed by atoms with Crippen LogP contribution in [-0.2, 0) is 4.74 Å². The van der Waals surface area contributed by atoms with Crippen molar-refractivity contribution in [3.63, 3.8) is 0 Å². The first kappa shape index (κ1) is 18.2. The summed E-state index contributed by atoms with van der Waals surface area (Å²) in [4.78, 5) is 14.4. The highest BCUT2D eigenvalue weighted by Gasteiger charge is 2.39. The Kier molecular flexibility index (Phi) is 4.35. The van der Waals surface area contributed by atoms with Gasteiger partial charge in [0.15, 0.2) is 11.5 Å². The summed E-state index contributed by atoms with van der Waals surface area (Å²) in [5.74, 6) is 1.40. The lowest BCUT2D eigenvalue weighted by Gasteiger charge is -2.27. The number of hydrogen-bond donors (Lipinski definition) is 1. The number of azide groups is 1. The lowest BCUT2D eigenvalue weighted by molar-refractivity contribution is 0.0989. The van der Waals surface area contributed by atoms with E-state index in [4.69, 9.17) is 20.5 Å². The highest BCUT2D eigenvalue weighted by Crippen LogP contribution is 2.33. The number of rotatable bonds is 5. The van der Waals surface area contributed by atoms with Gasteiger partial charge >= 0.3 is 0 Å². The van der Waals surface area contributed by atoms with Gasteiger partial charge in [0.2, 0.25) is 0 Å². The molecule has 2 aliphatic heterocycles. The molecule has 3 aromatic rings. The maximum Gasteiger partial charge on any atom is 0.167 e. The Hall–Kier alpha value is -3.87. The minimum absolute atomic E-state index is 0.281. The van der Waals surface area contributed by atoms with E-state index in [9.17, 15) is 0 Å². The van der Waals surface area contributed by atoms with Crippen LogP contribution in [0.5, 0.6) is 0 Å². The van der Waals surface area contributed by atoms with E-state index in [0.717, 1.165) is 30.8 Å². The van der Waals surface area contributed by atoms with Crippen molar-refractivity contribution in [3.8, 4) is 11.9 Å². The number of nitrogens with one attached hydrogen (secondary N) is 1. The third-order valence-electron chi connectivity index (χ3n) is 5.40. The van der Waals surface area contributed by atoms with Crippen LogP contribution in [0.15, 0.2) is 35.7 Å². The average Bonchev–Trinajstić information content (AvgIpc) is 3.50. The molecule has 2 fully saturated rings. The molecule has 1 unspecified atom stereocenters. The van der Waals surface area contributed by atoms with Crippen LogP contribution < -0.4 is 10.2 Å². The number of hydrogen-bond acceptors (Lipinski definition) is 8. The zero-order valence-corrected chi connectivity index (χ0v) is 16.2. The van der Waals surface area contributed by atoms with Crippen molar-refractivity contribution in [3.05, 3.63) is 41.0 Å². The van der Waals surface area contributed by atoms with E-state index < -0.39 is 6.04 Å². The van der Waals surface area contributed by atoms with Crippen LogP contribution in [0.1, 0.15) is 13.3 Å². The highest BCUT2D eigenvalue weighted by atomic mass is 16.5.